The average Bonchev–Trinajstić information content (AvgIpc) is 4.00. The van der Waals surface area contributed by atoms with Crippen LogP contribution in [-0.4, -0.2) is 9.13 Å². The Morgan fingerprint density at radius 1 is 0.216 bits per heavy atom. The molecular weight excluding hydrogens is 897 g/mol. The molecule has 0 aliphatic rings. The van der Waals surface area contributed by atoms with Gasteiger partial charge < -0.3 is 18.9 Å². The highest BCUT2D eigenvalue weighted by Crippen LogP contribution is 2.48. The number of hydrogen-bond donors (Lipinski definition) is 0. The van der Waals surface area contributed by atoms with E-state index in [0.29, 0.717) is 0 Å². The van der Waals surface area contributed by atoms with Crippen molar-refractivity contribution in [3.05, 3.63) is 279 Å². The van der Waals surface area contributed by atoms with Crippen molar-refractivity contribution in [1.82, 2.24) is 9.13 Å². The molecule has 2 aromatic heterocycles. The van der Waals surface area contributed by atoms with Crippen molar-refractivity contribution in [2.45, 2.75) is 0 Å². The molecule has 4 nitrogen and oxygen atoms in total. The number of aromatic nitrogens is 2. The van der Waals surface area contributed by atoms with Gasteiger partial charge in [0.15, 0.2) is 0 Å². The molecule has 0 atom stereocenters. The fraction of sp³-hybridized carbons (Fsp3) is 0. The summed E-state index contributed by atoms with van der Waals surface area (Å²) in [5.74, 6) is 0. The predicted octanol–water partition coefficient (Wildman–Crippen LogP) is 19.4. The van der Waals surface area contributed by atoms with Gasteiger partial charge in [-0.3, -0.25) is 0 Å². The van der Waals surface area contributed by atoms with E-state index in [2.05, 4.69) is 298 Å². The zero-order valence-electron chi connectivity index (χ0n) is 40.3. The summed E-state index contributed by atoms with van der Waals surface area (Å²) in [6.45, 7) is 0. The van der Waals surface area contributed by atoms with Crippen LogP contribution >= 0.6 is 0 Å². The SMILES string of the molecule is c1ccc(N(c2ccc(-n3c4ccccc4c4ccccc43)cc2)c2cc3cc(N(c4ccc(-n5c6ccccc6c6ccccc65)cc4)c4ccc5ccccc5c4)c4ccccc4c3c3ccccc23)cc1. The normalized spacial score (nSPS) is 11.8. The molecule has 0 aliphatic carbocycles. The fourth-order valence-electron chi connectivity index (χ4n) is 12.0. The molecule has 0 aliphatic heterocycles. The number of fused-ring (bicyclic) bond motifs is 12. The van der Waals surface area contributed by atoms with Gasteiger partial charge >= 0.3 is 0 Å². The Bertz CT molecular complexity index is 4560. The second-order valence-electron chi connectivity index (χ2n) is 19.3. The van der Waals surface area contributed by atoms with E-state index in [1.54, 1.807) is 0 Å². The van der Waals surface area contributed by atoms with Crippen molar-refractivity contribution >= 4 is 121 Å². The molecular formula is C70H46N4. The summed E-state index contributed by atoms with van der Waals surface area (Å²) in [4.78, 5) is 4.89. The first kappa shape index (κ1) is 41.8. The molecule has 0 saturated heterocycles. The predicted molar refractivity (Wildman–Crippen MR) is 315 cm³/mol. The van der Waals surface area contributed by atoms with Gasteiger partial charge in [0, 0.05) is 66.4 Å². The first-order chi connectivity index (χ1) is 36.7. The fourth-order valence-corrected chi connectivity index (χ4v) is 12.0. The van der Waals surface area contributed by atoms with Crippen LogP contribution in [0.2, 0.25) is 0 Å². The van der Waals surface area contributed by atoms with Crippen molar-refractivity contribution in [3.63, 3.8) is 0 Å². The van der Waals surface area contributed by atoms with Crippen LogP contribution in [0.1, 0.15) is 0 Å². The van der Waals surface area contributed by atoms with Crippen molar-refractivity contribution in [2.75, 3.05) is 9.80 Å². The zero-order chi connectivity index (χ0) is 48.7. The summed E-state index contributed by atoms with van der Waals surface area (Å²) in [5, 5.41) is 14.6. The van der Waals surface area contributed by atoms with Gasteiger partial charge in [-0.25, -0.2) is 0 Å². The van der Waals surface area contributed by atoms with Crippen LogP contribution in [-0.2, 0) is 0 Å². The van der Waals surface area contributed by atoms with Crippen molar-refractivity contribution in [2.24, 2.45) is 0 Å². The first-order valence-electron chi connectivity index (χ1n) is 25.4. The summed E-state index contributed by atoms with van der Waals surface area (Å²) in [6.07, 6.45) is 0. The van der Waals surface area contributed by atoms with Gasteiger partial charge in [-0.1, -0.05) is 170 Å². The summed E-state index contributed by atoms with van der Waals surface area (Å²) < 4.78 is 4.78. The van der Waals surface area contributed by atoms with Gasteiger partial charge in [0.1, 0.15) is 0 Å². The Morgan fingerprint density at radius 2 is 0.554 bits per heavy atom. The van der Waals surface area contributed by atoms with Gasteiger partial charge in [0.25, 0.3) is 0 Å². The Kier molecular flexibility index (Phi) is 9.54. The van der Waals surface area contributed by atoms with Crippen molar-refractivity contribution in [1.29, 1.82) is 0 Å². The van der Waals surface area contributed by atoms with Crippen LogP contribution in [0.4, 0.5) is 34.1 Å². The van der Waals surface area contributed by atoms with Crippen molar-refractivity contribution < 1.29 is 0 Å². The van der Waals surface area contributed by atoms with Gasteiger partial charge in [-0.15, -0.1) is 0 Å². The number of nitrogens with zero attached hydrogens (tertiary/aromatic N) is 4. The summed E-state index contributed by atoms with van der Waals surface area (Å²) in [5.41, 5.74) is 13.6. The molecule has 74 heavy (non-hydrogen) atoms. The Morgan fingerprint density at radius 3 is 1.01 bits per heavy atom. The standard InChI is InChI=1S/C70H46N4/c1-2-20-50(21-3-1)71(51-36-40-53(41-37-51)73-64-30-14-10-22-56(64)57-23-11-15-31-65(57)73)68-45-49-46-69(61-27-7-9-29-63(61)70(49)62-28-8-6-26-60(62)68)72(55-35-34-47-18-4-5-19-48(47)44-55)52-38-42-54(43-39-52)74-66-32-16-12-24-58(66)59-25-13-17-33-67(59)74/h1-46H. The van der Waals surface area contributed by atoms with Gasteiger partial charge in [-0.2, -0.15) is 0 Å². The van der Waals surface area contributed by atoms with Gasteiger partial charge in [0.2, 0.25) is 0 Å². The van der Waals surface area contributed by atoms with Gasteiger partial charge in [-0.05, 0) is 142 Å². The molecule has 4 heteroatoms. The maximum Gasteiger partial charge on any atom is 0.0546 e. The molecule has 0 amide bonds. The lowest BCUT2D eigenvalue weighted by Crippen LogP contribution is -2.12. The monoisotopic (exact) mass is 942 g/mol. The van der Waals surface area contributed by atoms with E-state index in [0.717, 1.165) is 50.9 Å². The Balaban J connectivity index is 0.943. The Labute approximate surface area is 428 Å². The zero-order valence-corrected chi connectivity index (χ0v) is 40.3. The lowest BCUT2D eigenvalue weighted by Gasteiger charge is -2.30. The van der Waals surface area contributed by atoms with E-state index in [4.69, 9.17) is 0 Å². The van der Waals surface area contributed by atoms with E-state index in [-0.39, 0.29) is 0 Å². The minimum absolute atomic E-state index is 1.07. The number of para-hydroxylation sites is 5. The molecule has 0 radical (unpaired) electrons. The molecule has 0 spiro atoms. The largest absolute Gasteiger partial charge is 0.310 e. The van der Waals surface area contributed by atoms with E-state index >= 15 is 0 Å². The average molecular weight is 943 g/mol. The smallest absolute Gasteiger partial charge is 0.0546 e. The van der Waals surface area contributed by atoms with Crippen molar-refractivity contribution in [3.8, 4) is 11.4 Å². The maximum atomic E-state index is 2.46. The highest BCUT2D eigenvalue weighted by Gasteiger charge is 2.23. The molecule has 15 rings (SSSR count). The molecule has 0 unspecified atom stereocenters. The lowest BCUT2D eigenvalue weighted by molar-refractivity contribution is 1.17. The van der Waals surface area contributed by atoms with Crippen LogP contribution in [0.25, 0.3) is 98.1 Å². The summed E-state index contributed by atoms with van der Waals surface area (Å²) in [6, 6.07) is 102. The third-order valence-corrected chi connectivity index (χ3v) is 15.2. The van der Waals surface area contributed by atoms with Gasteiger partial charge in [0.05, 0.1) is 33.4 Å². The van der Waals surface area contributed by atoms with E-state index < -0.39 is 0 Å². The number of hydrogen-bond acceptors (Lipinski definition) is 2. The molecule has 0 N–H and O–H groups in total. The van der Waals surface area contributed by atoms with Crippen LogP contribution in [0.5, 0.6) is 0 Å². The second kappa shape index (κ2) is 16.9. The molecule has 15 aromatic rings. The third-order valence-electron chi connectivity index (χ3n) is 15.2. The molecule has 346 valence electrons. The highest BCUT2D eigenvalue weighted by molar-refractivity contribution is 6.26. The number of rotatable bonds is 8. The highest BCUT2D eigenvalue weighted by atomic mass is 15.2. The molecule has 0 bridgehead atoms. The lowest BCUT2D eigenvalue weighted by atomic mass is 9.93. The summed E-state index contributed by atoms with van der Waals surface area (Å²) >= 11 is 0. The van der Waals surface area contributed by atoms with E-state index in [1.165, 1.54) is 81.3 Å². The minimum Gasteiger partial charge on any atom is -0.310 e. The first-order valence-corrected chi connectivity index (χ1v) is 25.4. The molecule has 0 saturated carbocycles. The quantitative estimate of drug-likeness (QED) is 0.141. The Hall–Kier alpha value is -9.90. The number of benzene rings is 13. The van der Waals surface area contributed by atoms with E-state index in [9.17, 15) is 0 Å². The van der Waals surface area contributed by atoms with Crippen LogP contribution in [0.3, 0.4) is 0 Å². The minimum atomic E-state index is 1.07. The van der Waals surface area contributed by atoms with E-state index in [1.807, 2.05) is 0 Å². The van der Waals surface area contributed by atoms with Crippen LogP contribution in [0.15, 0.2) is 279 Å². The summed E-state index contributed by atoms with van der Waals surface area (Å²) in [7, 11) is 0. The third kappa shape index (κ3) is 6.55. The molecule has 2 heterocycles. The molecule has 0 fully saturated rings. The topological polar surface area (TPSA) is 16.3 Å². The van der Waals surface area contributed by atoms with Crippen LogP contribution < -0.4 is 9.80 Å². The second-order valence-corrected chi connectivity index (χ2v) is 19.3. The number of anilines is 6. The maximum absolute atomic E-state index is 2.46. The van der Waals surface area contributed by atoms with Crippen LogP contribution in [0, 0.1) is 0 Å². The molecule has 13 aromatic carbocycles.